The van der Waals surface area contributed by atoms with E-state index in [2.05, 4.69) is 21.8 Å². The summed E-state index contributed by atoms with van der Waals surface area (Å²) in [6.45, 7) is 7.42. The van der Waals surface area contributed by atoms with Crippen molar-refractivity contribution in [2.75, 3.05) is 58.5 Å². The summed E-state index contributed by atoms with van der Waals surface area (Å²) in [6.07, 6.45) is -0.244. The van der Waals surface area contributed by atoms with Crippen molar-refractivity contribution >= 4 is 29.0 Å². The minimum Gasteiger partial charge on any atom is -0.497 e. The van der Waals surface area contributed by atoms with Gasteiger partial charge in [-0.15, -0.1) is 0 Å². The number of ether oxygens (including phenoxy) is 3. The van der Waals surface area contributed by atoms with Crippen LogP contribution in [-0.2, 0) is 19.1 Å². The Morgan fingerprint density at radius 3 is 2.36 bits per heavy atom. The highest BCUT2D eigenvalue weighted by Crippen LogP contribution is 2.33. The molecule has 8 nitrogen and oxygen atoms in total. The van der Waals surface area contributed by atoms with E-state index in [1.165, 1.54) is 0 Å². The third-order valence-corrected chi connectivity index (χ3v) is 4.41. The number of aliphatic imine (C=N–C) groups is 1. The van der Waals surface area contributed by atoms with Crippen LogP contribution in [0.2, 0.25) is 0 Å². The van der Waals surface area contributed by atoms with Gasteiger partial charge in [-0.25, -0.2) is 9.79 Å². The molecule has 0 aromatic heterocycles. The molecule has 1 heterocycles. The molecule has 0 bridgehead atoms. The zero-order chi connectivity index (χ0) is 20.5. The zero-order valence-electron chi connectivity index (χ0n) is 17.1. The maximum atomic E-state index is 12.4. The van der Waals surface area contributed by atoms with Crippen LogP contribution in [0.5, 0.6) is 5.75 Å². The van der Waals surface area contributed by atoms with Crippen molar-refractivity contribution in [3.8, 4) is 5.75 Å². The van der Waals surface area contributed by atoms with Gasteiger partial charge in [0.15, 0.2) is 0 Å². The van der Waals surface area contributed by atoms with E-state index in [9.17, 15) is 9.59 Å². The van der Waals surface area contributed by atoms with E-state index in [4.69, 9.17) is 14.2 Å². The van der Waals surface area contributed by atoms with Crippen molar-refractivity contribution < 1.29 is 23.8 Å². The summed E-state index contributed by atoms with van der Waals surface area (Å²) in [5.41, 5.74) is 1.47. The summed E-state index contributed by atoms with van der Waals surface area (Å²) in [5, 5.41) is 0. The number of carbonyl (C=O) groups excluding carboxylic acids is 2. The quantitative estimate of drug-likeness (QED) is 0.495. The highest BCUT2D eigenvalue weighted by molar-refractivity contribution is 6.40. The van der Waals surface area contributed by atoms with E-state index < -0.39 is 11.9 Å². The molecule has 0 amide bonds. The first-order chi connectivity index (χ1) is 13.5. The molecule has 0 N–H and O–H groups in total. The molecule has 2 rings (SSSR count). The van der Waals surface area contributed by atoms with Gasteiger partial charge in [0.25, 0.3) is 0 Å². The Balaban J connectivity index is 2.41. The summed E-state index contributed by atoms with van der Waals surface area (Å²) in [6, 6.07) is 5.55. The van der Waals surface area contributed by atoms with Crippen LogP contribution in [0, 0.1) is 0 Å². The largest absolute Gasteiger partial charge is 0.497 e. The highest BCUT2D eigenvalue weighted by Gasteiger charge is 2.22. The Hall–Kier alpha value is -2.61. The molecule has 0 radical (unpaired) electrons. The van der Waals surface area contributed by atoms with Gasteiger partial charge in [0.1, 0.15) is 11.5 Å². The van der Waals surface area contributed by atoms with Crippen LogP contribution in [0.3, 0.4) is 0 Å². The summed E-state index contributed by atoms with van der Waals surface area (Å²) in [4.78, 5) is 33.3. The molecule has 1 aromatic rings. The molecule has 1 saturated heterocycles. The predicted octanol–water partition coefficient (Wildman–Crippen LogP) is 2.04. The smallest absolute Gasteiger partial charge is 0.353 e. The second kappa shape index (κ2) is 10.7. The van der Waals surface area contributed by atoms with Crippen LogP contribution >= 0.6 is 0 Å². The summed E-state index contributed by atoms with van der Waals surface area (Å²) in [7, 11) is 3.66. The summed E-state index contributed by atoms with van der Waals surface area (Å²) < 4.78 is 15.4. The number of carbonyl (C=O) groups is 2. The molecule has 8 heteroatoms. The molecule has 0 spiro atoms. The number of rotatable bonds is 8. The normalized spacial score (nSPS) is 15.3. The molecule has 1 aliphatic heterocycles. The second-order valence-electron chi connectivity index (χ2n) is 6.41. The van der Waals surface area contributed by atoms with Crippen molar-refractivity contribution in [1.29, 1.82) is 0 Å². The van der Waals surface area contributed by atoms with Gasteiger partial charge in [0.05, 0.1) is 38.1 Å². The average molecular weight is 391 g/mol. The first-order valence-electron chi connectivity index (χ1n) is 9.50. The topological polar surface area (TPSA) is 80.7 Å². The van der Waals surface area contributed by atoms with Gasteiger partial charge in [0, 0.05) is 32.2 Å². The molecule has 0 unspecified atom stereocenters. The monoisotopic (exact) mass is 391 g/mol. The third-order valence-electron chi connectivity index (χ3n) is 4.41. The van der Waals surface area contributed by atoms with Crippen molar-refractivity contribution in [2.45, 2.75) is 20.3 Å². The van der Waals surface area contributed by atoms with Gasteiger partial charge in [-0.2, -0.15) is 0 Å². The zero-order valence-corrected chi connectivity index (χ0v) is 17.1. The maximum Gasteiger partial charge on any atom is 0.353 e. The standard InChI is InChI=1S/C20H29N3O5/c1-5-27-19(24)14-17(20(25)28-6-2)21-16-13-15(26-4)7-8-18(16)23-11-9-22(3)10-12-23/h7-8,13H,5-6,9-12,14H2,1-4H3. The Bertz CT molecular complexity index is 712. The number of nitrogens with zero attached hydrogens (tertiary/aromatic N) is 3. The van der Waals surface area contributed by atoms with E-state index in [1.54, 1.807) is 27.0 Å². The lowest BCUT2D eigenvalue weighted by Crippen LogP contribution is -2.44. The maximum absolute atomic E-state index is 12.4. The minimum atomic E-state index is -0.622. The Morgan fingerprint density at radius 2 is 1.75 bits per heavy atom. The fourth-order valence-electron chi connectivity index (χ4n) is 2.90. The Kier molecular flexibility index (Phi) is 8.25. The third kappa shape index (κ3) is 5.95. The number of likely N-dealkylation sites (N-methyl/N-ethyl adjacent to an activating group) is 1. The first-order valence-corrected chi connectivity index (χ1v) is 9.50. The van der Waals surface area contributed by atoms with Crippen molar-refractivity contribution in [3.05, 3.63) is 18.2 Å². The number of hydrogen-bond acceptors (Lipinski definition) is 8. The van der Waals surface area contributed by atoms with Crippen LogP contribution in [-0.4, -0.2) is 76.1 Å². The number of anilines is 1. The van der Waals surface area contributed by atoms with Gasteiger partial charge < -0.3 is 24.0 Å². The van der Waals surface area contributed by atoms with Gasteiger partial charge in [-0.05, 0) is 33.0 Å². The predicted molar refractivity (Wildman–Crippen MR) is 108 cm³/mol. The fraction of sp³-hybridized carbons (Fsp3) is 0.550. The van der Waals surface area contributed by atoms with Crippen molar-refractivity contribution in [1.82, 2.24) is 4.90 Å². The molecule has 1 fully saturated rings. The molecule has 1 aromatic carbocycles. The molecule has 28 heavy (non-hydrogen) atoms. The molecule has 0 saturated carbocycles. The van der Waals surface area contributed by atoms with Crippen molar-refractivity contribution in [2.24, 2.45) is 4.99 Å². The van der Waals surface area contributed by atoms with E-state index >= 15 is 0 Å². The van der Waals surface area contributed by atoms with Gasteiger partial charge in [0.2, 0.25) is 0 Å². The van der Waals surface area contributed by atoms with Crippen LogP contribution in [0.1, 0.15) is 20.3 Å². The van der Waals surface area contributed by atoms with E-state index in [0.717, 1.165) is 31.9 Å². The Morgan fingerprint density at radius 1 is 1.07 bits per heavy atom. The number of methoxy groups -OCH3 is 1. The van der Waals surface area contributed by atoms with Crippen LogP contribution < -0.4 is 9.64 Å². The van der Waals surface area contributed by atoms with Gasteiger partial charge in [-0.1, -0.05) is 0 Å². The van der Waals surface area contributed by atoms with Gasteiger partial charge >= 0.3 is 11.9 Å². The molecular weight excluding hydrogens is 362 g/mol. The number of piperazine rings is 1. The molecular formula is C20H29N3O5. The molecule has 1 aliphatic rings. The minimum absolute atomic E-state index is 0.0175. The SMILES string of the molecule is CCOC(=O)CC(=Nc1cc(OC)ccc1N1CCN(C)CC1)C(=O)OCC. The molecule has 0 atom stereocenters. The highest BCUT2D eigenvalue weighted by atomic mass is 16.5. The van der Waals surface area contributed by atoms with Crippen LogP contribution in [0.25, 0.3) is 0 Å². The first kappa shape index (κ1) is 21.7. The van der Waals surface area contributed by atoms with E-state index in [-0.39, 0.29) is 25.3 Å². The summed E-state index contributed by atoms with van der Waals surface area (Å²) >= 11 is 0. The number of esters is 2. The second-order valence-corrected chi connectivity index (χ2v) is 6.41. The molecule has 0 aliphatic carbocycles. The lowest BCUT2D eigenvalue weighted by molar-refractivity contribution is -0.143. The van der Waals surface area contributed by atoms with Crippen molar-refractivity contribution in [3.63, 3.8) is 0 Å². The van der Waals surface area contributed by atoms with Crippen LogP contribution in [0.4, 0.5) is 11.4 Å². The Labute approximate surface area is 166 Å². The lowest BCUT2D eigenvalue weighted by Gasteiger charge is -2.34. The fourth-order valence-corrected chi connectivity index (χ4v) is 2.90. The summed E-state index contributed by atoms with van der Waals surface area (Å²) in [5.74, 6) is -0.517. The van der Waals surface area contributed by atoms with Crippen LogP contribution in [0.15, 0.2) is 23.2 Å². The average Bonchev–Trinajstić information content (AvgIpc) is 2.68. The van der Waals surface area contributed by atoms with Gasteiger partial charge in [-0.3, -0.25) is 4.79 Å². The number of benzene rings is 1. The number of hydrogen-bond donors (Lipinski definition) is 0. The van der Waals surface area contributed by atoms with E-state index in [0.29, 0.717) is 11.4 Å². The lowest BCUT2D eigenvalue weighted by atomic mass is 10.2. The van der Waals surface area contributed by atoms with E-state index in [1.807, 2.05) is 12.1 Å². The molecule has 154 valence electrons.